The first-order valence-corrected chi connectivity index (χ1v) is 6.86. The number of nitrogens with zero attached hydrogens (tertiary/aromatic N) is 1. The fourth-order valence-corrected chi connectivity index (χ4v) is 2.99. The van der Waals surface area contributed by atoms with E-state index in [-0.39, 0.29) is 23.9 Å². The molecule has 0 radical (unpaired) electrons. The summed E-state index contributed by atoms with van der Waals surface area (Å²) in [6.07, 6.45) is 4.31. The number of nitrogens with one attached hydrogen (secondary N) is 1. The van der Waals surface area contributed by atoms with Crippen molar-refractivity contribution in [3.63, 3.8) is 0 Å². The van der Waals surface area contributed by atoms with Crippen molar-refractivity contribution in [2.45, 2.75) is 51.1 Å². The molecule has 2 aliphatic rings. The molecule has 0 aliphatic carbocycles. The van der Waals surface area contributed by atoms with Crippen molar-refractivity contribution in [3.05, 3.63) is 0 Å². The van der Waals surface area contributed by atoms with Gasteiger partial charge in [0, 0.05) is 12.6 Å². The topological polar surface area (TPSA) is 69.6 Å². The van der Waals surface area contributed by atoms with Gasteiger partial charge in [0.1, 0.15) is 0 Å². The van der Waals surface area contributed by atoms with Crippen molar-refractivity contribution in [1.82, 2.24) is 10.2 Å². The number of carboxylic acids is 1. The average molecular weight is 254 g/mol. The normalized spacial score (nSPS) is 33.2. The molecule has 102 valence electrons. The highest BCUT2D eigenvalue weighted by molar-refractivity contribution is 5.82. The standard InChI is InChI=1S/C13H22N2O3/c1-9-8-10(13(17)18)5-7-15(9)12(16)11-4-2-3-6-14-11/h9-11,14H,2-8H2,1H3,(H,17,18). The number of piperidine rings is 2. The summed E-state index contributed by atoms with van der Waals surface area (Å²) in [5.74, 6) is -0.862. The first-order chi connectivity index (χ1) is 8.59. The van der Waals surface area contributed by atoms with Crippen molar-refractivity contribution < 1.29 is 14.7 Å². The van der Waals surface area contributed by atoms with Gasteiger partial charge < -0.3 is 15.3 Å². The van der Waals surface area contributed by atoms with Gasteiger partial charge in [0.2, 0.25) is 5.91 Å². The molecule has 0 spiro atoms. The van der Waals surface area contributed by atoms with Crippen LogP contribution in [0.3, 0.4) is 0 Å². The second-order valence-electron chi connectivity index (χ2n) is 5.44. The number of carboxylic acid groups (broad SMARTS) is 1. The van der Waals surface area contributed by atoms with E-state index >= 15 is 0 Å². The van der Waals surface area contributed by atoms with Gasteiger partial charge in [-0.15, -0.1) is 0 Å². The highest BCUT2D eigenvalue weighted by atomic mass is 16.4. The van der Waals surface area contributed by atoms with Crippen LogP contribution in [0.25, 0.3) is 0 Å². The molecule has 0 aromatic rings. The van der Waals surface area contributed by atoms with Crippen molar-refractivity contribution in [3.8, 4) is 0 Å². The number of rotatable bonds is 2. The van der Waals surface area contributed by atoms with Gasteiger partial charge in [0.15, 0.2) is 0 Å². The van der Waals surface area contributed by atoms with Gasteiger partial charge >= 0.3 is 5.97 Å². The molecule has 2 rings (SSSR count). The Morgan fingerprint density at radius 3 is 2.61 bits per heavy atom. The lowest BCUT2D eigenvalue weighted by Crippen LogP contribution is -2.54. The Labute approximate surface area is 108 Å². The highest BCUT2D eigenvalue weighted by Gasteiger charge is 2.35. The van der Waals surface area contributed by atoms with Gasteiger partial charge in [-0.1, -0.05) is 6.42 Å². The summed E-state index contributed by atoms with van der Waals surface area (Å²) in [6.45, 7) is 3.45. The molecule has 5 nitrogen and oxygen atoms in total. The lowest BCUT2D eigenvalue weighted by Gasteiger charge is -2.39. The first-order valence-electron chi connectivity index (χ1n) is 6.86. The third kappa shape index (κ3) is 2.83. The minimum Gasteiger partial charge on any atom is -0.481 e. The van der Waals surface area contributed by atoms with E-state index in [0.717, 1.165) is 25.8 Å². The molecule has 2 fully saturated rings. The maximum Gasteiger partial charge on any atom is 0.306 e. The maximum absolute atomic E-state index is 12.4. The summed E-state index contributed by atoms with van der Waals surface area (Å²) in [4.78, 5) is 25.2. The first kappa shape index (κ1) is 13.3. The summed E-state index contributed by atoms with van der Waals surface area (Å²) < 4.78 is 0. The zero-order valence-corrected chi connectivity index (χ0v) is 10.9. The van der Waals surface area contributed by atoms with E-state index in [9.17, 15) is 9.59 Å². The Morgan fingerprint density at radius 2 is 2.06 bits per heavy atom. The molecule has 2 aliphatic heterocycles. The van der Waals surface area contributed by atoms with Crippen LogP contribution in [0.15, 0.2) is 0 Å². The molecule has 0 bridgehead atoms. The third-order valence-electron chi connectivity index (χ3n) is 4.12. The molecule has 3 unspecified atom stereocenters. The lowest BCUT2D eigenvalue weighted by atomic mass is 9.90. The molecule has 0 saturated carbocycles. The summed E-state index contributed by atoms with van der Waals surface area (Å²) in [7, 11) is 0. The zero-order chi connectivity index (χ0) is 13.1. The van der Waals surface area contributed by atoms with E-state index in [0.29, 0.717) is 19.4 Å². The van der Waals surface area contributed by atoms with Crippen molar-refractivity contribution in [2.75, 3.05) is 13.1 Å². The fourth-order valence-electron chi connectivity index (χ4n) is 2.99. The maximum atomic E-state index is 12.4. The number of aliphatic carboxylic acids is 1. The van der Waals surface area contributed by atoms with Crippen LogP contribution in [0.5, 0.6) is 0 Å². The largest absolute Gasteiger partial charge is 0.481 e. The summed E-state index contributed by atoms with van der Waals surface area (Å²) in [6, 6.07) is -0.0151. The van der Waals surface area contributed by atoms with Crippen LogP contribution in [-0.2, 0) is 9.59 Å². The third-order valence-corrected chi connectivity index (χ3v) is 4.12. The summed E-state index contributed by atoms with van der Waals surface area (Å²) in [5.41, 5.74) is 0. The number of likely N-dealkylation sites (tertiary alicyclic amines) is 1. The smallest absolute Gasteiger partial charge is 0.306 e. The minimum atomic E-state index is -0.732. The van der Waals surface area contributed by atoms with Crippen LogP contribution in [-0.4, -0.2) is 47.1 Å². The monoisotopic (exact) mass is 254 g/mol. The summed E-state index contributed by atoms with van der Waals surface area (Å²) >= 11 is 0. The van der Waals surface area contributed by atoms with Gasteiger partial charge in [-0.3, -0.25) is 9.59 Å². The van der Waals surface area contributed by atoms with Gasteiger partial charge in [-0.2, -0.15) is 0 Å². The van der Waals surface area contributed by atoms with Crippen LogP contribution in [0.4, 0.5) is 0 Å². The SMILES string of the molecule is CC1CC(C(=O)O)CCN1C(=O)C1CCCCN1. The predicted octanol–water partition coefficient (Wildman–Crippen LogP) is 0.840. The molecule has 1 amide bonds. The van der Waals surface area contributed by atoms with Gasteiger partial charge in [-0.25, -0.2) is 0 Å². The second-order valence-corrected chi connectivity index (χ2v) is 5.44. The zero-order valence-electron chi connectivity index (χ0n) is 10.9. The second kappa shape index (κ2) is 5.69. The molecular formula is C13H22N2O3. The molecule has 0 aromatic heterocycles. The fraction of sp³-hybridized carbons (Fsp3) is 0.846. The Balaban J connectivity index is 1.93. The Hall–Kier alpha value is -1.10. The highest BCUT2D eigenvalue weighted by Crippen LogP contribution is 2.24. The minimum absolute atomic E-state index is 0.0380. The van der Waals surface area contributed by atoms with E-state index in [2.05, 4.69) is 5.32 Å². The molecule has 5 heteroatoms. The summed E-state index contributed by atoms with van der Waals surface area (Å²) in [5, 5.41) is 12.3. The van der Waals surface area contributed by atoms with E-state index in [1.165, 1.54) is 0 Å². The van der Waals surface area contributed by atoms with Crippen LogP contribution in [0.2, 0.25) is 0 Å². The van der Waals surface area contributed by atoms with Crippen LogP contribution in [0, 0.1) is 5.92 Å². The predicted molar refractivity (Wildman–Crippen MR) is 67.2 cm³/mol. The molecule has 3 atom stereocenters. The Morgan fingerprint density at radius 1 is 1.28 bits per heavy atom. The van der Waals surface area contributed by atoms with E-state index in [4.69, 9.17) is 5.11 Å². The van der Waals surface area contributed by atoms with Crippen LogP contribution in [0.1, 0.15) is 39.0 Å². The molecule has 2 saturated heterocycles. The molecule has 0 aromatic carbocycles. The molecular weight excluding hydrogens is 232 g/mol. The number of carbonyl (C=O) groups is 2. The Bertz CT molecular complexity index is 326. The number of hydrogen-bond donors (Lipinski definition) is 2. The van der Waals surface area contributed by atoms with E-state index < -0.39 is 5.97 Å². The van der Waals surface area contributed by atoms with E-state index in [1.54, 1.807) is 0 Å². The number of carbonyl (C=O) groups excluding carboxylic acids is 1. The molecule has 18 heavy (non-hydrogen) atoms. The lowest BCUT2D eigenvalue weighted by molar-refractivity contribution is -0.148. The van der Waals surface area contributed by atoms with E-state index in [1.807, 2.05) is 11.8 Å². The molecule has 2 heterocycles. The van der Waals surface area contributed by atoms with Gasteiger partial charge in [-0.05, 0) is 39.2 Å². The van der Waals surface area contributed by atoms with Crippen molar-refractivity contribution in [2.24, 2.45) is 5.92 Å². The average Bonchev–Trinajstić information content (AvgIpc) is 2.38. The Kier molecular flexibility index (Phi) is 4.22. The van der Waals surface area contributed by atoms with Gasteiger partial charge in [0.05, 0.1) is 12.0 Å². The number of hydrogen-bond acceptors (Lipinski definition) is 3. The van der Waals surface area contributed by atoms with Crippen LogP contribution < -0.4 is 5.32 Å². The van der Waals surface area contributed by atoms with Crippen LogP contribution >= 0.6 is 0 Å². The van der Waals surface area contributed by atoms with Crippen molar-refractivity contribution >= 4 is 11.9 Å². The molecule has 2 N–H and O–H groups in total. The van der Waals surface area contributed by atoms with Crippen molar-refractivity contribution in [1.29, 1.82) is 0 Å². The quantitative estimate of drug-likeness (QED) is 0.766. The van der Waals surface area contributed by atoms with Gasteiger partial charge in [0.25, 0.3) is 0 Å². The number of amides is 1.